The van der Waals surface area contributed by atoms with Crippen molar-refractivity contribution < 1.29 is 9.53 Å². The third-order valence-electron chi connectivity index (χ3n) is 3.37. The topological polar surface area (TPSA) is 50.4 Å². The van der Waals surface area contributed by atoms with E-state index in [1.165, 1.54) is 12.8 Å². The molecule has 0 bridgehead atoms. The fraction of sp³-hybridized carbons (Fsp3) is 0.500. The second kappa shape index (κ2) is 6.66. The summed E-state index contributed by atoms with van der Waals surface area (Å²) in [7, 11) is 1.60. The molecule has 1 aliphatic carbocycles. The Labute approximate surface area is 118 Å². The lowest BCUT2D eigenvalue weighted by Crippen LogP contribution is -2.40. The van der Waals surface area contributed by atoms with Crippen molar-refractivity contribution in [3.8, 4) is 5.75 Å². The van der Waals surface area contributed by atoms with Gasteiger partial charge in [-0.2, -0.15) is 0 Å². The van der Waals surface area contributed by atoms with Gasteiger partial charge < -0.3 is 15.4 Å². The molecule has 19 heavy (non-hydrogen) atoms. The highest BCUT2D eigenvalue weighted by Crippen LogP contribution is 2.22. The van der Waals surface area contributed by atoms with Crippen LogP contribution in [0.3, 0.4) is 0 Å². The molecule has 2 N–H and O–H groups in total. The number of hydrogen-bond acceptors (Lipinski definition) is 2. The molecule has 1 aliphatic rings. The summed E-state index contributed by atoms with van der Waals surface area (Å²) in [4.78, 5) is 11.8. The molecule has 0 aliphatic heterocycles. The number of rotatable bonds is 4. The van der Waals surface area contributed by atoms with E-state index in [1.54, 1.807) is 25.3 Å². The summed E-state index contributed by atoms with van der Waals surface area (Å²) in [6.45, 7) is 0.405. The molecule has 1 aromatic rings. The maximum absolute atomic E-state index is 11.8. The fourth-order valence-corrected chi connectivity index (χ4v) is 2.56. The van der Waals surface area contributed by atoms with Gasteiger partial charge in [0.15, 0.2) is 0 Å². The number of benzene rings is 1. The van der Waals surface area contributed by atoms with Crippen molar-refractivity contribution in [3.05, 3.63) is 28.8 Å². The Kier molecular flexibility index (Phi) is 4.91. The molecule has 2 rings (SSSR count). The number of hydrogen-bond donors (Lipinski definition) is 2. The molecule has 1 fully saturated rings. The second-order valence-electron chi connectivity index (χ2n) is 4.76. The van der Waals surface area contributed by atoms with Crippen molar-refractivity contribution in [1.29, 1.82) is 0 Å². The van der Waals surface area contributed by atoms with Crippen molar-refractivity contribution in [2.75, 3.05) is 7.11 Å². The quantitative estimate of drug-likeness (QED) is 0.892. The first-order chi connectivity index (χ1) is 9.19. The molecular weight excluding hydrogens is 264 g/mol. The highest BCUT2D eigenvalue weighted by atomic mass is 35.5. The molecule has 104 valence electrons. The van der Waals surface area contributed by atoms with Gasteiger partial charge in [0.25, 0.3) is 0 Å². The van der Waals surface area contributed by atoms with Crippen LogP contribution in [0.25, 0.3) is 0 Å². The molecule has 4 nitrogen and oxygen atoms in total. The monoisotopic (exact) mass is 282 g/mol. The Morgan fingerprint density at radius 3 is 2.84 bits per heavy atom. The van der Waals surface area contributed by atoms with E-state index in [1.807, 2.05) is 0 Å². The molecule has 0 heterocycles. The minimum atomic E-state index is -0.131. The number of urea groups is 1. The molecule has 5 heteroatoms. The summed E-state index contributed by atoms with van der Waals surface area (Å²) in [6, 6.07) is 5.56. The molecule has 0 spiro atoms. The van der Waals surface area contributed by atoms with Crippen LogP contribution in [0, 0.1) is 0 Å². The van der Waals surface area contributed by atoms with Gasteiger partial charge in [0.2, 0.25) is 0 Å². The maximum atomic E-state index is 11.8. The first-order valence-electron chi connectivity index (χ1n) is 6.56. The van der Waals surface area contributed by atoms with E-state index in [-0.39, 0.29) is 6.03 Å². The Morgan fingerprint density at radius 2 is 2.16 bits per heavy atom. The number of halogens is 1. The van der Waals surface area contributed by atoms with Crippen molar-refractivity contribution in [2.24, 2.45) is 0 Å². The highest BCUT2D eigenvalue weighted by Gasteiger charge is 2.16. The van der Waals surface area contributed by atoms with Gasteiger partial charge in [-0.15, -0.1) is 0 Å². The predicted molar refractivity (Wildman–Crippen MR) is 75.6 cm³/mol. The van der Waals surface area contributed by atoms with Crippen LogP contribution < -0.4 is 15.4 Å². The third-order valence-corrected chi connectivity index (χ3v) is 3.61. The van der Waals surface area contributed by atoms with Crippen LogP contribution in [0.15, 0.2) is 18.2 Å². The SMILES string of the molecule is COc1ccc(Cl)cc1CNC(=O)NC1CCCC1. The summed E-state index contributed by atoms with van der Waals surface area (Å²) in [5.74, 6) is 0.727. The van der Waals surface area contributed by atoms with E-state index in [9.17, 15) is 4.79 Å². The Morgan fingerprint density at radius 1 is 1.42 bits per heavy atom. The van der Waals surface area contributed by atoms with Gasteiger partial charge in [-0.3, -0.25) is 0 Å². The van der Waals surface area contributed by atoms with Crippen LogP contribution in [0.1, 0.15) is 31.2 Å². The van der Waals surface area contributed by atoms with Gasteiger partial charge in [0.05, 0.1) is 7.11 Å². The number of methoxy groups -OCH3 is 1. The molecular formula is C14H19ClN2O2. The molecule has 0 unspecified atom stereocenters. The van der Waals surface area contributed by atoms with Crippen LogP contribution in [-0.2, 0) is 6.54 Å². The zero-order valence-electron chi connectivity index (χ0n) is 11.0. The lowest BCUT2D eigenvalue weighted by Gasteiger charge is -2.14. The maximum Gasteiger partial charge on any atom is 0.315 e. The number of ether oxygens (including phenoxy) is 1. The van der Waals surface area contributed by atoms with Gasteiger partial charge in [0, 0.05) is 23.2 Å². The Balaban J connectivity index is 1.87. The van der Waals surface area contributed by atoms with Gasteiger partial charge in [-0.05, 0) is 31.0 Å². The van der Waals surface area contributed by atoms with E-state index >= 15 is 0 Å². The zero-order chi connectivity index (χ0) is 13.7. The summed E-state index contributed by atoms with van der Waals surface area (Å²) in [5.41, 5.74) is 0.872. The van der Waals surface area contributed by atoms with Gasteiger partial charge >= 0.3 is 6.03 Å². The van der Waals surface area contributed by atoms with E-state index in [4.69, 9.17) is 16.3 Å². The fourth-order valence-electron chi connectivity index (χ4n) is 2.37. The van der Waals surface area contributed by atoms with Crippen LogP contribution >= 0.6 is 11.6 Å². The van der Waals surface area contributed by atoms with Crippen molar-refractivity contribution in [1.82, 2.24) is 10.6 Å². The predicted octanol–water partition coefficient (Wildman–Crippen LogP) is 3.09. The number of carbonyl (C=O) groups is 1. The smallest absolute Gasteiger partial charge is 0.315 e. The molecule has 0 radical (unpaired) electrons. The third kappa shape index (κ3) is 4.03. The number of carbonyl (C=O) groups excluding carboxylic acids is 1. The lowest BCUT2D eigenvalue weighted by atomic mass is 10.2. The summed E-state index contributed by atoms with van der Waals surface area (Å²) >= 11 is 5.94. The minimum Gasteiger partial charge on any atom is -0.496 e. The van der Waals surface area contributed by atoms with Crippen LogP contribution in [0.2, 0.25) is 5.02 Å². The van der Waals surface area contributed by atoms with E-state index < -0.39 is 0 Å². The molecule has 1 saturated carbocycles. The van der Waals surface area contributed by atoms with Crippen molar-refractivity contribution in [3.63, 3.8) is 0 Å². The Hall–Kier alpha value is -1.42. The molecule has 1 aromatic carbocycles. The van der Waals surface area contributed by atoms with Crippen LogP contribution in [-0.4, -0.2) is 19.2 Å². The summed E-state index contributed by atoms with van der Waals surface area (Å²) in [6.07, 6.45) is 4.56. The van der Waals surface area contributed by atoms with Gasteiger partial charge in [0.1, 0.15) is 5.75 Å². The molecule has 0 saturated heterocycles. The second-order valence-corrected chi connectivity index (χ2v) is 5.20. The molecule has 2 amide bonds. The van der Waals surface area contributed by atoms with Crippen molar-refractivity contribution >= 4 is 17.6 Å². The molecule has 0 atom stereocenters. The average molecular weight is 283 g/mol. The number of nitrogens with one attached hydrogen (secondary N) is 2. The Bertz CT molecular complexity index is 445. The summed E-state index contributed by atoms with van der Waals surface area (Å²) in [5, 5.41) is 6.45. The molecule has 0 aromatic heterocycles. The summed E-state index contributed by atoms with van der Waals surface area (Å²) < 4.78 is 5.24. The first-order valence-corrected chi connectivity index (χ1v) is 6.93. The zero-order valence-corrected chi connectivity index (χ0v) is 11.8. The minimum absolute atomic E-state index is 0.131. The average Bonchev–Trinajstić information content (AvgIpc) is 2.89. The lowest BCUT2D eigenvalue weighted by molar-refractivity contribution is 0.236. The standard InChI is InChI=1S/C14H19ClN2O2/c1-19-13-7-6-11(15)8-10(13)9-16-14(18)17-12-4-2-3-5-12/h6-8,12H,2-5,9H2,1H3,(H2,16,17,18). The van der Waals surface area contributed by atoms with Crippen LogP contribution in [0.4, 0.5) is 4.79 Å². The van der Waals surface area contributed by atoms with Crippen LogP contribution in [0.5, 0.6) is 5.75 Å². The van der Waals surface area contributed by atoms with Crippen molar-refractivity contribution in [2.45, 2.75) is 38.3 Å². The van der Waals surface area contributed by atoms with Gasteiger partial charge in [-0.1, -0.05) is 24.4 Å². The number of amides is 2. The van der Waals surface area contributed by atoms with Gasteiger partial charge in [-0.25, -0.2) is 4.79 Å². The van der Waals surface area contributed by atoms with E-state index in [0.717, 1.165) is 24.2 Å². The van der Waals surface area contributed by atoms with E-state index in [2.05, 4.69) is 10.6 Å². The van der Waals surface area contributed by atoms with E-state index in [0.29, 0.717) is 17.6 Å². The highest BCUT2D eigenvalue weighted by molar-refractivity contribution is 6.30. The largest absolute Gasteiger partial charge is 0.496 e. The first kappa shape index (κ1) is 14.0. The normalized spacial score (nSPS) is 15.3.